The standard InChI is InChI=1S/C17H26/c1-6-14(4)16(7-2)10-11-17-9-8-13(3)12-15(17)5/h8-12,14,16H,6-7H2,1-5H3. The molecule has 0 N–H and O–H groups in total. The molecule has 0 saturated heterocycles. The highest BCUT2D eigenvalue weighted by Crippen LogP contribution is 2.22. The van der Waals surface area contributed by atoms with Crippen LogP contribution in [0.4, 0.5) is 0 Å². The summed E-state index contributed by atoms with van der Waals surface area (Å²) in [6.45, 7) is 11.2. The molecule has 0 aliphatic carbocycles. The molecular weight excluding hydrogens is 204 g/mol. The maximum absolute atomic E-state index is 2.39. The molecule has 17 heavy (non-hydrogen) atoms. The van der Waals surface area contributed by atoms with Gasteiger partial charge in [0.1, 0.15) is 0 Å². The number of hydrogen-bond acceptors (Lipinski definition) is 0. The van der Waals surface area contributed by atoms with Crippen molar-refractivity contribution < 1.29 is 0 Å². The van der Waals surface area contributed by atoms with Crippen molar-refractivity contribution in [1.82, 2.24) is 0 Å². The van der Waals surface area contributed by atoms with Crippen LogP contribution in [0.25, 0.3) is 6.08 Å². The van der Waals surface area contributed by atoms with E-state index in [4.69, 9.17) is 0 Å². The van der Waals surface area contributed by atoms with E-state index in [0.29, 0.717) is 5.92 Å². The lowest BCUT2D eigenvalue weighted by Gasteiger charge is -2.17. The van der Waals surface area contributed by atoms with Gasteiger partial charge in [0.15, 0.2) is 0 Å². The third kappa shape index (κ3) is 4.03. The van der Waals surface area contributed by atoms with E-state index in [0.717, 1.165) is 5.92 Å². The van der Waals surface area contributed by atoms with Crippen LogP contribution in [0, 0.1) is 25.7 Å². The fourth-order valence-electron chi connectivity index (χ4n) is 2.27. The minimum absolute atomic E-state index is 0.709. The zero-order valence-corrected chi connectivity index (χ0v) is 12.0. The molecular formula is C17H26. The smallest absolute Gasteiger partial charge is 0.0207 e. The Kier molecular flexibility index (Phi) is 5.47. The molecule has 1 aromatic rings. The Morgan fingerprint density at radius 1 is 1.12 bits per heavy atom. The highest BCUT2D eigenvalue weighted by Gasteiger charge is 2.09. The van der Waals surface area contributed by atoms with Gasteiger partial charge in [-0.1, -0.05) is 63.1 Å². The van der Waals surface area contributed by atoms with Gasteiger partial charge in [0.2, 0.25) is 0 Å². The zero-order valence-electron chi connectivity index (χ0n) is 12.0. The summed E-state index contributed by atoms with van der Waals surface area (Å²) in [4.78, 5) is 0. The Balaban J connectivity index is 2.81. The lowest BCUT2D eigenvalue weighted by molar-refractivity contribution is 0.407. The normalized spacial score (nSPS) is 15.1. The van der Waals surface area contributed by atoms with Crippen LogP contribution in [0.3, 0.4) is 0 Å². The van der Waals surface area contributed by atoms with Crippen LogP contribution in [0.5, 0.6) is 0 Å². The van der Waals surface area contributed by atoms with Crippen molar-refractivity contribution in [2.24, 2.45) is 11.8 Å². The molecule has 0 aliphatic rings. The molecule has 1 aromatic carbocycles. The number of hydrogen-bond donors (Lipinski definition) is 0. The van der Waals surface area contributed by atoms with Crippen LogP contribution in [0.2, 0.25) is 0 Å². The number of allylic oxidation sites excluding steroid dienone is 1. The van der Waals surface area contributed by atoms with Gasteiger partial charge in [-0.15, -0.1) is 0 Å². The molecule has 0 heteroatoms. The monoisotopic (exact) mass is 230 g/mol. The van der Waals surface area contributed by atoms with Crippen molar-refractivity contribution >= 4 is 6.08 Å². The maximum atomic E-state index is 2.39. The molecule has 0 aromatic heterocycles. The lowest BCUT2D eigenvalue weighted by Crippen LogP contribution is -2.06. The van der Waals surface area contributed by atoms with E-state index in [-0.39, 0.29) is 0 Å². The Bertz CT molecular complexity index is 374. The Labute approximate surface area is 107 Å². The second-order valence-electron chi connectivity index (χ2n) is 5.18. The van der Waals surface area contributed by atoms with Gasteiger partial charge in [0.25, 0.3) is 0 Å². The molecule has 0 fully saturated rings. The third-order valence-corrected chi connectivity index (χ3v) is 3.79. The first-order valence-corrected chi connectivity index (χ1v) is 6.83. The summed E-state index contributed by atoms with van der Waals surface area (Å²) in [6, 6.07) is 6.67. The predicted octanol–water partition coefficient (Wildman–Crippen LogP) is 5.39. The predicted molar refractivity (Wildman–Crippen MR) is 78.2 cm³/mol. The first kappa shape index (κ1) is 14.0. The van der Waals surface area contributed by atoms with Gasteiger partial charge < -0.3 is 0 Å². The summed E-state index contributed by atoms with van der Waals surface area (Å²) in [5.41, 5.74) is 4.08. The second-order valence-corrected chi connectivity index (χ2v) is 5.18. The lowest BCUT2D eigenvalue weighted by atomic mass is 9.88. The Morgan fingerprint density at radius 2 is 1.82 bits per heavy atom. The van der Waals surface area contributed by atoms with Crippen LogP contribution in [0.1, 0.15) is 50.3 Å². The molecule has 0 nitrogen and oxygen atoms in total. The van der Waals surface area contributed by atoms with E-state index >= 15 is 0 Å². The molecule has 94 valence electrons. The summed E-state index contributed by atoms with van der Waals surface area (Å²) in [5, 5.41) is 0. The highest BCUT2D eigenvalue weighted by atomic mass is 14.1. The van der Waals surface area contributed by atoms with E-state index in [1.165, 1.54) is 29.5 Å². The van der Waals surface area contributed by atoms with E-state index in [1.807, 2.05) is 0 Å². The summed E-state index contributed by atoms with van der Waals surface area (Å²) in [5.74, 6) is 1.49. The van der Waals surface area contributed by atoms with Crippen molar-refractivity contribution in [3.05, 3.63) is 41.0 Å². The second kappa shape index (κ2) is 6.64. The van der Waals surface area contributed by atoms with E-state index < -0.39 is 0 Å². The van der Waals surface area contributed by atoms with E-state index in [1.54, 1.807) is 0 Å². The zero-order chi connectivity index (χ0) is 12.8. The summed E-state index contributed by atoms with van der Waals surface area (Å²) in [7, 11) is 0. The van der Waals surface area contributed by atoms with Gasteiger partial charge in [0.05, 0.1) is 0 Å². The number of aryl methyl sites for hydroxylation is 2. The molecule has 1 rings (SSSR count). The molecule has 0 radical (unpaired) electrons. The molecule has 0 heterocycles. The molecule has 0 saturated carbocycles. The van der Waals surface area contributed by atoms with Crippen LogP contribution in [-0.4, -0.2) is 0 Å². The molecule has 2 unspecified atom stereocenters. The molecule has 2 atom stereocenters. The van der Waals surface area contributed by atoms with Crippen LogP contribution in [-0.2, 0) is 0 Å². The van der Waals surface area contributed by atoms with Crippen molar-refractivity contribution in [1.29, 1.82) is 0 Å². The van der Waals surface area contributed by atoms with Gasteiger partial charge in [0, 0.05) is 0 Å². The van der Waals surface area contributed by atoms with E-state index in [9.17, 15) is 0 Å². The number of rotatable bonds is 5. The topological polar surface area (TPSA) is 0 Å². The molecule has 0 spiro atoms. The van der Waals surface area contributed by atoms with Crippen LogP contribution in [0.15, 0.2) is 24.3 Å². The number of benzene rings is 1. The van der Waals surface area contributed by atoms with Gasteiger partial charge in [-0.2, -0.15) is 0 Å². The minimum atomic E-state index is 0.709. The van der Waals surface area contributed by atoms with Gasteiger partial charge in [-0.25, -0.2) is 0 Å². The molecule has 0 amide bonds. The summed E-state index contributed by atoms with van der Waals surface area (Å²) < 4.78 is 0. The summed E-state index contributed by atoms with van der Waals surface area (Å²) in [6.07, 6.45) is 7.19. The third-order valence-electron chi connectivity index (χ3n) is 3.79. The van der Waals surface area contributed by atoms with Crippen molar-refractivity contribution in [2.75, 3.05) is 0 Å². The fraction of sp³-hybridized carbons (Fsp3) is 0.529. The van der Waals surface area contributed by atoms with Crippen molar-refractivity contribution in [3.63, 3.8) is 0 Å². The average Bonchev–Trinajstić information content (AvgIpc) is 2.31. The van der Waals surface area contributed by atoms with Crippen molar-refractivity contribution in [2.45, 2.75) is 47.5 Å². The van der Waals surface area contributed by atoms with Crippen molar-refractivity contribution in [3.8, 4) is 0 Å². The Hall–Kier alpha value is -1.04. The van der Waals surface area contributed by atoms with Gasteiger partial charge in [-0.05, 0) is 43.2 Å². The van der Waals surface area contributed by atoms with Gasteiger partial charge in [-0.3, -0.25) is 0 Å². The highest BCUT2D eigenvalue weighted by molar-refractivity contribution is 5.54. The first-order valence-electron chi connectivity index (χ1n) is 6.83. The quantitative estimate of drug-likeness (QED) is 0.636. The largest absolute Gasteiger partial charge is 0.0806 e. The first-order chi connectivity index (χ1) is 8.08. The fourth-order valence-corrected chi connectivity index (χ4v) is 2.27. The molecule has 0 bridgehead atoms. The van der Waals surface area contributed by atoms with Crippen LogP contribution < -0.4 is 0 Å². The summed E-state index contributed by atoms with van der Waals surface area (Å²) >= 11 is 0. The maximum Gasteiger partial charge on any atom is -0.0207 e. The Morgan fingerprint density at radius 3 is 2.35 bits per heavy atom. The van der Waals surface area contributed by atoms with Gasteiger partial charge >= 0.3 is 0 Å². The SMILES string of the molecule is CCC(C)C(C=Cc1ccc(C)cc1C)CC. The minimum Gasteiger partial charge on any atom is -0.0806 e. The average molecular weight is 230 g/mol. The molecule has 0 aliphatic heterocycles. The van der Waals surface area contributed by atoms with E-state index in [2.05, 4.69) is 65.0 Å². The van der Waals surface area contributed by atoms with Crippen LogP contribution >= 0.6 is 0 Å².